The zero-order valence-corrected chi connectivity index (χ0v) is 16.2. The molecule has 4 rings (SSSR count). The van der Waals surface area contributed by atoms with E-state index in [1.807, 2.05) is 0 Å². The average molecular weight is 429 g/mol. The molecule has 0 bridgehead atoms. The second-order valence-electron chi connectivity index (χ2n) is 5.85. The molecule has 29 heavy (non-hydrogen) atoms. The number of anilines is 1. The minimum absolute atomic E-state index is 0.170. The molecule has 0 unspecified atom stereocenters. The zero-order chi connectivity index (χ0) is 20.4. The van der Waals surface area contributed by atoms with Crippen molar-refractivity contribution in [2.75, 3.05) is 5.32 Å². The molecule has 146 valence electrons. The van der Waals surface area contributed by atoms with Gasteiger partial charge in [-0.05, 0) is 29.8 Å². The number of aromatic hydroxyl groups is 1. The standard InChI is InChI=1S/C19H12FN3O4S2/c20-11-7-5-10(6-8-11)9-28-19-23-22-18(29-19)21-16(25)14-15(24)12-3-1-2-4-13(12)27-17(14)26/h1-8,24H,9H2,(H,21,22,25). The van der Waals surface area contributed by atoms with Gasteiger partial charge in [-0.3, -0.25) is 10.1 Å². The molecular weight excluding hydrogens is 417 g/mol. The van der Waals surface area contributed by atoms with E-state index >= 15 is 0 Å². The summed E-state index contributed by atoms with van der Waals surface area (Å²) in [5, 5.41) is 21.0. The Morgan fingerprint density at radius 1 is 1.17 bits per heavy atom. The van der Waals surface area contributed by atoms with Crippen LogP contribution in [0.3, 0.4) is 0 Å². The Balaban J connectivity index is 1.49. The summed E-state index contributed by atoms with van der Waals surface area (Å²) in [4.78, 5) is 24.6. The van der Waals surface area contributed by atoms with Crippen LogP contribution in [0.1, 0.15) is 15.9 Å². The van der Waals surface area contributed by atoms with E-state index in [9.17, 15) is 19.1 Å². The van der Waals surface area contributed by atoms with Crippen LogP contribution in [0, 0.1) is 5.82 Å². The number of nitrogens with zero attached hydrogens (tertiary/aromatic N) is 2. The number of thioether (sulfide) groups is 1. The molecule has 0 spiro atoms. The maximum absolute atomic E-state index is 12.9. The molecule has 10 heteroatoms. The number of carbonyl (C=O) groups is 1. The summed E-state index contributed by atoms with van der Waals surface area (Å²) in [6.07, 6.45) is 0. The lowest BCUT2D eigenvalue weighted by Gasteiger charge is -2.05. The van der Waals surface area contributed by atoms with Crippen molar-refractivity contribution in [2.45, 2.75) is 10.1 Å². The molecular formula is C19H12FN3O4S2. The quantitative estimate of drug-likeness (QED) is 0.280. The van der Waals surface area contributed by atoms with Crippen LogP contribution in [0.5, 0.6) is 5.75 Å². The predicted octanol–water partition coefficient (Wildman–Crippen LogP) is 4.03. The fourth-order valence-corrected chi connectivity index (χ4v) is 4.24. The summed E-state index contributed by atoms with van der Waals surface area (Å²) in [5.41, 5.74) is -0.355. The normalized spacial score (nSPS) is 10.9. The number of hydrogen-bond donors (Lipinski definition) is 2. The summed E-state index contributed by atoms with van der Waals surface area (Å²) < 4.78 is 18.6. The third-order valence-electron chi connectivity index (χ3n) is 3.92. The monoisotopic (exact) mass is 429 g/mol. The number of nitrogens with one attached hydrogen (secondary N) is 1. The Kier molecular flexibility index (Phi) is 5.28. The van der Waals surface area contributed by atoms with Crippen molar-refractivity contribution >= 4 is 45.1 Å². The fraction of sp³-hybridized carbons (Fsp3) is 0.0526. The third kappa shape index (κ3) is 4.13. The molecule has 4 aromatic rings. The molecule has 1 amide bonds. The Hall–Kier alpha value is -3.24. The number of carbonyl (C=O) groups excluding carboxylic acids is 1. The topological polar surface area (TPSA) is 105 Å². The zero-order valence-electron chi connectivity index (χ0n) is 14.6. The van der Waals surface area contributed by atoms with Crippen molar-refractivity contribution < 1.29 is 18.7 Å². The van der Waals surface area contributed by atoms with Crippen LogP contribution in [0.15, 0.2) is 62.1 Å². The van der Waals surface area contributed by atoms with E-state index in [1.54, 1.807) is 30.3 Å². The molecule has 0 atom stereocenters. The third-order valence-corrected chi connectivity index (χ3v) is 5.96. The highest BCUT2D eigenvalue weighted by Gasteiger charge is 2.22. The van der Waals surface area contributed by atoms with E-state index in [2.05, 4.69) is 15.5 Å². The van der Waals surface area contributed by atoms with Gasteiger partial charge in [0.15, 0.2) is 9.90 Å². The van der Waals surface area contributed by atoms with E-state index in [1.165, 1.54) is 30.0 Å². The number of fused-ring (bicyclic) bond motifs is 1. The van der Waals surface area contributed by atoms with Gasteiger partial charge in [-0.2, -0.15) is 0 Å². The summed E-state index contributed by atoms with van der Waals surface area (Å²) in [6.45, 7) is 0. The smallest absolute Gasteiger partial charge is 0.353 e. The molecule has 2 N–H and O–H groups in total. The van der Waals surface area contributed by atoms with E-state index in [4.69, 9.17) is 4.42 Å². The first-order valence-corrected chi connectivity index (χ1v) is 10.1. The summed E-state index contributed by atoms with van der Waals surface area (Å²) in [7, 11) is 0. The van der Waals surface area contributed by atoms with Gasteiger partial charge < -0.3 is 9.52 Å². The highest BCUT2D eigenvalue weighted by Crippen LogP contribution is 2.30. The molecule has 0 saturated carbocycles. The average Bonchev–Trinajstić information content (AvgIpc) is 3.15. The molecule has 7 nitrogen and oxygen atoms in total. The van der Waals surface area contributed by atoms with Crippen LogP contribution in [-0.4, -0.2) is 21.2 Å². The first kappa shape index (κ1) is 19.1. The maximum Gasteiger partial charge on any atom is 0.353 e. The number of halogens is 1. The maximum atomic E-state index is 12.9. The van der Waals surface area contributed by atoms with Crippen LogP contribution in [0.25, 0.3) is 11.0 Å². The van der Waals surface area contributed by atoms with Crippen molar-refractivity contribution in [2.24, 2.45) is 0 Å². The molecule has 2 heterocycles. The Bertz CT molecular complexity index is 1250. The number of para-hydroxylation sites is 1. The van der Waals surface area contributed by atoms with Gasteiger partial charge in [0.25, 0.3) is 5.91 Å². The number of amides is 1. The summed E-state index contributed by atoms with van der Waals surface area (Å²) >= 11 is 2.49. The lowest BCUT2D eigenvalue weighted by molar-refractivity contribution is 0.102. The fourth-order valence-electron chi connectivity index (χ4n) is 2.54. The predicted molar refractivity (Wildman–Crippen MR) is 108 cm³/mol. The van der Waals surface area contributed by atoms with E-state index in [-0.39, 0.29) is 21.9 Å². The largest absolute Gasteiger partial charge is 0.506 e. The second kappa shape index (κ2) is 8.02. The lowest BCUT2D eigenvalue weighted by Crippen LogP contribution is -2.21. The molecule has 0 saturated heterocycles. The first-order chi connectivity index (χ1) is 14.0. The minimum atomic E-state index is -0.950. The van der Waals surface area contributed by atoms with Crippen molar-refractivity contribution in [3.8, 4) is 5.75 Å². The van der Waals surface area contributed by atoms with Crippen molar-refractivity contribution in [1.29, 1.82) is 0 Å². The lowest BCUT2D eigenvalue weighted by atomic mass is 10.1. The van der Waals surface area contributed by atoms with E-state index < -0.39 is 22.8 Å². The number of rotatable bonds is 5. The van der Waals surface area contributed by atoms with Crippen LogP contribution >= 0.6 is 23.1 Å². The van der Waals surface area contributed by atoms with Gasteiger partial charge in [-0.25, -0.2) is 9.18 Å². The molecule has 0 aliphatic heterocycles. The van der Waals surface area contributed by atoms with Gasteiger partial charge in [0, 0.05) is 5.75 Å². The van der Waals surface area contributed by atoms with Gasteiger partial charge in [-0.1, -0.05) is 47.4 Å². The van der Waals surface area contributed by atoms with Crippen molar-refractivity contribution in [3.63, 3.8) is 0 Å². The Labute approximate surface area is 171 Å². The highest BCUT2D eigenvalue weighted by atomic mass is 32.2. The first-order valence-electron chi connectivity index (χ1n) is 8.28. The minimum Gasteiger partial charge on any atom is -0.506 e. The van der Waals surface area contributed by atoms with E-state index in [0.29, 0.717) is 10.1 Å². The van der Waals surface area contributed by atoms with Gasteiger partial charge in [0.1, 0.15) is 17.1 Å². The molecule has 0 radical (unpaired) electrons. The SMILES string of the molecule is O=C(Nc1nnc(SCc2ccc(F)cc2)s1)c1c(O)c2ccccc2oc1=O. The van der Waals surface area contributed by atoms with Crippen LogP contribution in [0.2, 0.25) is 0 Å². The van der Waals surface area contributed by atoms with Crippen LogP contribution < -0.4 is 10.9 Å². The molecule has 0 fully saturated rings. The van der Waals surface area contributed by atoms with Gasteiger partial charge in [0.05, 0.1) is 5.39 Å². The Morgan fingerprint density at radius 2 is 1.93 bits per heavy atom. The summed E-state index contributed by atoms with van der Waals surface area (Å²) in [5.74, 6) is -1.04. The van der Waals surface area contributed by atoms with Crippen molar-refractivity contribution in [3.05, 3.63) is 75.9 Å². The molecule has 0 aliphatic rings. The Morgan fingerprint density at radius 3 is 2.72 bits per heavy atom. The number of hydrogen-bond acceptors (Lipinski definition) is 8. The summed E-state index contributed by atoms with van der Waals surface area (Å²) in [6, 6.07) is 12.5. The van der Waals surface area contributed by atoms with Gasteiger partial charge in [-0.15, -0.1) is 10.2 Å². The number of benzene rings is 2. The van der Waals surface area contributed by atoms with Crippen molar-refractivity contribution in [1.82, 2.24) is 10.2 Å². The number of aromatic nitrogens is 2. The van der Waals surface area contributed by atoms with Gasteiger partial charge >= 0.3 is 5.63 Å². The second-order valence-corrected chi connectivity index (χ2v) is 8.05. The van der Waals surface area contributed by atoms with E-state index in [0.717, 1.165) is 16.9 Å². The van der Waals surface area contributed by atoms with Gasteiger partial charge in [0.2, 0.25) is 5.13 Å². The van der Waals surface area contributed by atoms with Crippen LogP contribution in [0.4, 0.5) is 9.52 Å². The molecule has 2 aromatic heterocycles. The van der Waals surface area contributed by atoms with Crippen LogP contribution in [-0.2, 0) is 5.75 Å². The highest BCUT2D eigenvalue weighted by molar-refractivity contribution is 8.00. The molecule has 0 aliphatic carbocycles. The molecule has 2 aromatic carbocycles.